The molecule has 0 aromatic heterocycles. The molecule has 2 amide bonds. The van der Waals surface area contributed by atoms with Crippen molar-refractivity contribution in [1.29, 1.82) is 0 Å². The minimum Gasteiger partial charge on any atom is -0.496 e. The minimum absolute atomic E-state index is 0.109. The molecule has 4 rings (SSSR count). The largest absolute Gasteiger partial charge is 0.496 e. The van der Waals surface area contributed by atoms with E-state index in [1.54, 1.807) is 12.1 Å². The van der Waals surface area contributed by atoms with Gasteiger partial charge in [-0.05, 0) is 43.2 Å². The second kappa shape index (κ2) is 12.6. The summed E-state index contributed by atoms with van der Waals surface area (Å²) in [6.07, 6.45) is 4.17. The van der Waals surface area contributed by atoms with Crippen LogP contribution in [-0.2, 0) is 4.79 Å². The third kappa shape index (κ3) is 7.15. The number of piperidine rings is 2. The number of rotatable bonds is 8. The number of likely N-dealkylation sites (tertiary alicyclic amines) is 2. The third-order valence-corrected chi connectivity index (χ3v) is 7.92. The van der Waals surface area contributed by atoms with Gasteiger partial charge in [0.05, 0.1) is 23.4 Å². The monoisotopic (exact) mass is 527 g/mol. The fraction of sp³-hybridized carbons (Fsp3) is 0.500. The summed E-state index contributed by atoms with van der Waals surface area (Å²) < 4.78 is 5.32. The van der Waals surface area contributed by atoms with Crippen LogP contribution in [0, 0.1) is 5.92 Å². The average Bonchev–Trinajstić information content (AvgIpc) is 2.91. The van der Waals surface area contributed by atoms with Crippen molar-refractivity contribution in [3.63, 3.8) is 0 Å². The fourth-order valence-corrected chi connectivity index (χ4v) is 5.47. The van der Waals surface area contributed by atoms with Gasteiger partial charge >= 0.3 is 0 Å². The zero-order valence-corrected chi connectivity index (χ0v) is 22.3. The highest BCUT2D eigenvalue weighted by atomic mass is 35.5. The number of amides is 2. The number of carbonyl (C=O) groups excluding carboxylic acids is 2. The van der Waals surface area contributed by atoms with Gasteiger partial charge in [0.25, 0.3) is 5.91 Å². The summed E-state index contributed by atoms with van der Waals surface area (Å²) in [4.78, 5) is 30.1. The summed E-state index contributed by atoms with van der Waals surface area (Å²) in [5.74, 6) is 0.953. The lowest BCUT2D eigenvalue weighted by molar-refractivity contribution is -0.133. The number of nitrogens with two attached hydrogens (primary N) is 2. The van der Waals surface area contributed by atoms with E-state index < -0.39 is 0 Å². The van der Waals surface area contributed by atoms with Crippen LogP contribution >= 0.6 is 11.6 Å². The lowest BCUT2D eigenvalue weighted by Gasteiger charge is -2.38. The van der Waals surface area contributed by atoms with E-state index in [0.717, 1.165) is 64.0 Å². The first-order valence-electron chi connectivity index (χ1n) is 13.1. The second-order valence-corrected chi connectivity index (χ2v) is 10.6. The summed E-state index contributed by atoms with van der Waals surface area (Å²) in [6, 6.07) is 12.8. The Morgan fingerprint density at radius 3 is 2.41 bits per heavy atom. The first kappa shape index (κ1) is 27.2. The van der Waals surface area contributed by atoms with Crippen LogP contribution in [0.2, 0.25) is 5.02 Å². The van der Waals surface area contributed by atoms with Gasteiger partial charge < -0.3 is 31.3 Å². The van der Waals surface area contributed by atoms with E-state index in [4.69, 9.17) is 27.8 Å². The maximum absolute atomic E-state index is 12.8. The molecule has 2 aromatic rings. The molecule has 0 radical (unpaired) electrons. The van der Waals surface area contributed by atoms with Gasteiger partial charge in [-0.2, -0.15) is 0 Å². The predicted molar refractivity (Wildman–Crippen MR) is 147 cm³/mol. The molecule has 200 valence electrons. The minimum atomic E-state index is -0.258. The van der Waals surface area contributed by atoms with E-state index in [-0.39, 0.29) is 23.9 Å². The van der Waals surface area contributed by atoms with Crippen molar-refractivity contribution < 1.29 is 14.3 Å². The Bertz CT molecular complexity index is 1070. The first-order chi connectivity index (χ1) is 17.8. The van der Waals surface area contributed by atoms with Crippen LogP contribution < -0.4 is 21.5 Å². The number of hydrogen-bond acceptors (Lipinski definition) is 6. The van der Waals surface area contributed by atoms with Gasteiger partial charge in [0.2, 0.25) is 5.91 Å². The molecule has 0 aliphatic carbocycles. The van der Waals surface area contributed by atoms with E-state index in [2.05, 4.69) is 10.2 Å². The van der Waals surface area contributed by atoms with E-state index in [0.29, 0.717) is 34.4 Å². The first-order valence-corrected chi connectivity index (χ1v) is 13.5. The summed E-state index contributed by atoms with van der Waals surface area (Å²) in [6.45, 7) is 4.51. The van der Waals surface area contributed by atoms with Crippen LogP contribution in [0.1, 0.15) is 54.1 Å². The number of nitrogens with one attached hydrogen (secondary N) is 1. The number of halogens is 1. The highest BCUT2D eigenvalue weighted by Gasteiger charge is 2.28. The summed E-state index contributed by atoms with van der Waals surface area (Å²) in [5, 5.41) is 3.47. The Kier molecular flexibility index (Phi) is 9.29. The van der Waals surface area contributed by atoms with Gasteiger partial charge in [0, 0.05) is 57.3 Å². The Morgan fingerprint density at radius 1 is 1.08 bits per heavy atom. The lowest BCUT2D eigenvalue weighted by Crippen LogP contribution is -2.47. The van der Waals surface area contributed by atoms with Crippen molar-refractivity contribution >= 4 is 29.1 Å². The van der Waals surface area contributed by atoms with Crippen LogP contribution in [-0.4, -0.2) is 67.5 Å². The van der Waals surface area contributed by atoms with Crippen LogP contribution in [0.4, 0.5) is 5.69 Å². The predicted octanol–water partition coefficient (Wildman–Crippen LogP) is 3.45. The van der Waals surface area contributed by atoms with E-state index in [1.165, 1.54) is 7.11 Å². The number of hydrogen-bond donors (Lipinski definition) is 3. The molecule has 0 saturated carbocycles. The summed E-state index contributed by atoms with van der Waals surface area (Å²) >= 11 is 6.12. The lowest BCUT2D eigenvalue weighted by atomic mass is 9.94. The van der Waals surface area contributed by atoms with Gasteiger partial charge in [-0.15, -0.1) is 0 Å². The Balaban J connectivity index is 1.18. The van der Waals surface area contributed by atoms with Crippen LogP contribution in [0.3, 0.4) is 0 Å². The molecule has 37 heavy (non-hydrogen) atoms. The Hall–Kier alpha value is -2.81. The van der Waals surface area contributed by atoms with Crippen LogP contribution in [0.15, 0.2) is 42.5 Å². The molecule has 2 fully saturated rings. The Morgan fingerprint density at radius 2 is 1.76 bits per heavy atom. The maximum atomic E-state index is 12.8. The number of benzene rings is 2. The van der Waals surface area contributed by atoms with Gasteiger partial charge in [0.15, 0.2) is 0 Å². The molecule has 1 atom stereocenters. The van der Waals surface area contributed by atoms with E-state index >= 15 is 0 Å². The molecular weight excluding hydrogens is 490 g/mol. The van der Waals surface area contributed by atoms with Crippen molar-refractivity contribution in [3.05, 3.63) is 58.6 Å². The molecule has 9 heteroatoms. The molecule has 5 N–H and O–H groups in total. The third-order valence-electron chi connectivity index (χ3n) is 7.59. The molecule has 2 saturated heterocycles. The zero-order chi connectivity index (χ0) is 26.4. The number of methoxy groups -OCH3 is 1. The zero-order valence-electron chi connectivity index (χ0n) is 21.5. The molecule has 0 spiro atoms. The van der Waals surface area contributed by atoms with Crippen LogP contribution in [0.25, 0.3) is 0 Å². The second-order valence-electron chi connectivity index (χ2n) is 10.2. The van der Waals surface area contributed by atoms with Gasteiger partial charge in [-0.1, -0.05) is 41.9 Å². The number of anilines is 1. The van der Waals surface area contributed by atoms with Crippen molar-refractivity contribution in [1.82, 2.24) is 15.1 Å². The number of carbonyl (C=O) groups is 2. The van der Waals surface area contributed by atoms with Crippen molar-refractivity contribution in [2.75, 3.05) is 45.6 Å². The van der Waals surface area contributed by atoms with Gasteiger partial charge in [-0.3, -0.25) is 9.59 Å². The Labute approximate surface area is 224 Å². The van der Waals surface area contributed by atoms with E-state index in [1.807, 2.05) is 35.2 Å². The van der Waals surface area contributed by atoms with Crippen LogP contribution in [0.5, 0.6) is 5.75 Å². The topological polar surface area (TPSA) is 114 Å². The van der Waals surface area contributed by atoms with Gasteiger partial charge in [0.1, 0.15) is 5.75 Å². The molecular formula is C28H38ClN5O3. The molecule has 2 aliphatic rings. The SMILES string of the molecule is COc1cc(N)c(Cl)cc1C(=O)NC1CCN(CC2CCN(C(=O)CC(N)c3ccccc3)CC2)CC1. The molecule has 2 heterocycles. The number of nitrogen functional groups attached to an aromatic ring is 1. The quantitative estimate of drug-likeness (QED) is 0.453. The average molecular weight is 528 g/mol. The van der Waals surface area contributed by atoms with E-state index in [9.17, 15) is 9.59 Å². The molecule has 1 unspecified atom stereocenters. The normalized spacial score (nSPS) is 18.4. The smallest absolute Gasteiger partial charge is 0.255 e. The maximum Gasteiger partial charge on any atom is 0.255 e. The van der Waals surface area contributed by atoms with Crippen molar-refractivity contribution in [3.8, 4) is 5.75 Å². The highest BCUT2D eigenvalue weighted by molar-refractivity contribution is 6.33. The van der Waals surface area contributed by atoms with Crippen molar-refractivity contribution in [2.45, 2.75) is 44.2 Å². The summed E-state index contributed by atoms with van der Waals surface area (Å²) in [7, 11) is 1.51. The standard InChI is InChI=1S/C28H38ClN5O3/c1-37-26-16-25(31)23(29)15-22(26)28(36)32-21-9-11-33(12-10-21)18-19-7-13-34(14-8-19)27(35)17-24(30)20-5-3-2-4-6-20/h2-6,15-16,19,21,24H,7-14,17-18,30-31H2,1H3,(H,32,36). The molecule has 8 nitrogen and oxygen atoms in total. The number of ether oxygens (including phenoxy) is 1. The fourth-order valence-electron chi connectivity index (χ4n) is 5.30. The highest BCUT2D eigenvalue weighted by Crippen LogP contribution is 2.29. The number of nitrogens with zero attached hydrogens (tertiary/aromatic N) is 2. The van der Waals surface area contributed by atoms with Crippen molar-refractivity contribution in [2.24, 2.45) is 11.7 Å². The molecule has 2 aromatic carbocycles. The summed E-state index contributed by atoms with van der Waals surface area (Å²) in [5.41, 5.74) is 13.9. The molecule has 0 bridgehead atoms. The molecule has 2 aliphatic heterocycles. The van der Waals surface area contributed by atoms with Gasteiger partial charge in [-0.25, -0.2) is 0 Å².